The van der Waals surface area contributed by atoms with E-state index >= 15 is 0 Å². The summed E-state index contributed by atoms with van der Waals surface area (Å²) in [5.74, 6) is -0.517. The molecule has 5 nitrogen and oxygen atoms in total. The molecule has 0 aromatic heterocycles. The molecule has 9 heteroatoms. The van der Waals surface area contributed by atoms with Crippen LogP contribution in [0.25, 0.3) is 4.85 Å². The van der Waals surface area contributed by atoms with Gasteiger partial charge in [0.25, 0.3) is 0 Å². The molecular formula is C24H16F4N2O3. The smallest absolute Gasteiger partial charge is 0.419 e. The van der Waals surface area contributed by atoms with Crippen molar-refractivity contribution in [2.75, 3.05) is 18.1 Å². The molecule has 0 atom stereocenters. The fourth-order valence-electron chi connectivity index (χ4n) is 3.41. The standard InChI is InChI=1S/C24H16F4N2O3/c1-29-16-3-5-17(6-4-16)33-18-7-9-22-21(14-18)30(10-11-32-22)23(31)13-15-2-8-20(25)19(12-15)24(26,27)28/h2-9,12,14H,10-11,13H2. The van der Waals surface area contributed by atoms with E-state index in [9.17, 15) is 22.4 Å². The van der Waals surface area contributed by atoms with E-state index in [0.717, 1.165) is 6.07 Å². The Morgan fingerprint density at radius 2 is 1.79 bits per heavy atom. The van der Waals surface area contributed by atoms with Crippen molar-refractivity contribution in [3.8, 4) is 17.2 Å². The molecule has 1 aliphatic rings. The molecule has 33 heavy (non-hydrogen) atoms. The Balaban J connectivity index is 1.56. The highest BCUT2D eigenvalue weighted by atomic mass is 19.4. The number of benzene rings is 3. The zero-order valence-corrected chi connectivity index (χ0v) is 17.0. The summed E-state index contributed by atoms with van der Waals surface area (Å²) in [6, 6.07) is 13.9. The normalized spacial score (nSPS) is 13.0. The van der Waals surface area contributed by atoms with E-state index in [1.165, 1.54) is 4.90 Å². The van der Waals surface area contributed by atoms with Crippen LogP contribution in [0.4, 0.5) is 28.9 Å². The summed E-state index contributed by atoms with van der Waals surface area (Å²) >= 11 is 0. The van der Waals surface area contributed by atoms with Crippen LogP contribution in [0.1, 0.15) is 11.1 Å². The van der Waals surface area contributed by atoms with Crippen LogP contribution in [0.5, 0.6) is 17.2 Å². The first kappa shape index (κ1) is 22.1. The number of rotatable bonds is 4. The van der Waals surface area contributed by atoms with E-state index < -0.39 is 23.5 Å². The number of hydrogen-bond donors (Lipinski definition) is 0. The third-order valence-electron chi connectivity index (χ3n) is 4.99. The van der Waals surface area contributed by atoms with Crippen molar-refractivity contribution in [1.29, 1.82) is 0 Å². The van der Waals surface area contributed by atoms with Crippen molar-refractivity contribution >= 4 is 17.3 Å². The molecule has 3 aromatic rings. The zero-order chi connectivity index (χ0) is 23.6. The van der Waals surface area contributed by atoms with Crippen LogP contribution in [0.15, 0.2) is 60.7 Å². The summed E-state index contributed by atoms with van der Waals surface area (Å²) < 4.78 is 64.0. The van der Waals surface area contributed by atoms with Crippen LogP contribution in [-0.4, -0.2) is 19.1 Å². The topological polar surface area (TPSA) is 43.1 Å². The van der Waals surface area contributed by atoms with Crippen molar-refractivity contribution in [2.24, 2.45) is 0 Å². The molecule has 1 amide bonds. The first-order valence-electron chi connectivity index (χ1n) is 9.83. The van der Waals surface area contributed by atoms with Gasteiger partial charge in [0, 0.05) is 6.07 Å². The lowest BCUT2D eigenvalue weighted by Crippen LogP contribution is -2.38. The first-order chi connectivity index (χ1) is 15.7. The van der Waals surface area contributed by atoms with Crippen LogP contribution in [-0.2, 0) is 17.4 Å². The average molecular weight is 456 g/mol. The van der Waals surface area contributed by atoms with Crippen LogP contribution in [0.2, 0.25) is 0 Å². The second-order valence-electron chi connectivity index (χ2n) is 7.22. The van der Waals surface area contributed by atoms with Gasteiger partial charge in [0.15, 0.2) is 5.69 Å². The monoisotopic (exact) mass is 456 g/mol. The van der Waals surface area contributed by atoms with Crippen LogP contribution < -0.4 is 14.4 Å². The molecule has 0 radical (unpaired) electrons. The second kappa shape index (κ2) is 8.82. The quantitative estimate of drug-likeness (QED) is 0.349. The van der Waals surface area contributed by atoms with Gasteiger partial charge in [-0.15, -0.1) is 0 Å². The first-order valence-corrected chi connectivity index (χ1v) is 9.83. The lowest BCUT2D eigenvalue weighted by Gasteiger charge is -2.30. The van der Waals surface area contributed by atoms with Gasteiger partial charge >= 0.3 is 6.18 Å². The molecule has 0 bridgehead atoms. The summed E-state index contributed by atoms with van der Waals surface area (Å²) in [4.78, 5) is 17.7. The number of carbonyl (C=O) groups excluding carboxylic acids is 1. The second-order valence-corrected chi connectivity index (χ2v) is 7.22. The van der Waals surface area contributed by atoms with Crippen LogP contribution >= 0.6 is 0 Å². The molecule has 168 valence electrons. The Morgan fingerprint density at radius 3 is 2.48 bits per heavy atom. The van der Waals surface area contributed by atoms with Crippen LogP contribution in [0, 0.1) is 12.4 Å². The summed E-state index contributed by atoms with van der Waals surface area (Å²) in [5.41, 5.74) is -0.476. The van der Waals surface area contributed by atoms with Crippen molar-refractivity contribution < 1.29 is 31.8 Å². The fourth-order valence-corrected chi connectivity index (χ4v) is 3.41. The number of ether oxygens (including phenoxy) is 2. The van der Waals surface area contributed by atoms with Crippen molar-refractivity contribution in [2.45, 2.75) is 12.6 Å². The molecule has 0 spiro atoms. The van der Waals surface area contributed by atoms with Gasteiger partial charge in [0.05, 0.1) is 30.8 Å². The van der Waals surface area contributed by atoms with E-state index in [-0.39, 0.29) is 25.1 Å². The van der Waals surface area contributed by atoms with Gasteiger partial charge in [-0.2, -0.15) is 13.2 Å². The van der Waals surface area contributed by atoms with Gasteiger partial charge in [-0.3, -0.25) is 4.79 Å². The molecule has 0 N–H and O–H groups in total. The van der Waals surface area contributed by atoms with Gasteiger partial charge < -0.3 is 14.4 Å². The summed E-state index contributed by atoms with van der Waals surface area (Å²) in [6.07, 6.45) is -5.19. The molecule has 1 heterocycles. The minimum atomic E-state index is -4.85. The van der Waals surface area contributed by atoms with E-state index in [1.54, 1.807) is 42.5 Å². The van der Waals surface area contributed by atoms with E-state index in [2.05, 4.69) is 4.85 Å². The molecule has 0 saturated carbocycles. The third-order valence-corrected chi connectivity index (χ3v) is 4.99. The minimum Gasteiger partial charge on any atom is -0.490 e. The number of alkyl halides is 3. The van der Waals surface area contributed by atoms with Gasteiger partial charge in [-0.1, -0.05) is 18.2 Å². The van der Waals surface area contributed by atoms with E-state index in [0.29, 0.717) is 40.8 Å². The molecule has 0 unspecified atom stereocenters. The largest absolute Gasteiger partial charge is 0.490 e. The number of carbonyl (C=O) groups is 1. The highest BCUT2D eigenvalue weighted by Crippen LogP contribution is 2.37. The Labute approximate surface area is 186 Å². The molecule has 3 aromatic carbocycles. The number of hydrogen-bond acceptors (Lipinski definition) is 3. The molecule has 4 rings (SSSR count). The van der Waals surface area contributed by atoms with E-state index in [4.69, 9.17) is 16.0 Å². The SMILES string of the molecule is [C-]#[N+]c1ccc(Oc2ccc3c(c2)N(C(=O)Cc2ccc(F)c(C(F)(F)F)c2)CCO3)cc1. The maximum absolute atomic E-state index is 13.6. The molecule has 0 aliphatic carbocycles. The van der Waals surface area contributed by atoms with Crippen molar-refractivity contribution in [3.05, 3.63) is 89.0 Å². The minimum absolute atomic E-state index is 0.0501. The molecular weight excluding hydrogens is 440 g/mol. The number of amides is 1. The predicted molar refractivity (Wildman–Crippen MR) is 112 cm³/mol. The van der Waals surface area contributed by atoms with Gasteiger partial charge in [0.1, 0.15) is 29.7 Å². The number of nitrogens with zero attached hydrogens (tertiary/aromatic N) is 2. The maximum Gasteiger partial charge on any atom is 0.419 e. The number of halogens is 4. The van der Waals surface area contributed by atoms with Crippen molar-refractivity contribution in [3.63, 3.8) is 0 Å². The lowest BCUT2D eigenvalue weighted by molar-refractivity contribution is -0.140. The number of anilines is 1. The van der Waals surface area contributed by atoms with Gasteiger partial charge in [-0.25, -0.2) is 9.24 Å². The predicted octanol–water partition coefficient (Wildman–Crippen LogP) is 6.16. The number of fused-ring (bicyclic) bond motifs is 1. The maximum atomic E-state index is 13.6. The van der Waals surface area contributed by atoms with E-state index in [1.807, 2.05) is 0 Å². The van der Waals surface area contributed by atoms with Crippen LogP contribution in [0.3, 0.4) is 0 Å². The highest BCUT2D eigenvalue weighted by molar-refractivity contribution is 5.96. The molecule has 0 fully saturated rings. The third kappa shape index (κ3) is 4.90. The molecule has 1 aliphatic heterocycles. The fraction of sp³-hybridized carbons (Fsp3) is 0.167. The zero-order valence-electron chi connectivity index (χ0n) is 17.0. The molecule has 0 saturated heterocycles. The van der Waals surface area contributed by atoms with Crippen molar-refractivity contribution in [1.82, 2.24) is 0 Å². The Kier molecular flexibility index (Phi) is 5.92. The Hall–Kier alpha value is -4.06. The highest BCUT2D eigenvalue weighted by Gasteiger charge is 2.34. The van der Waals surface area contributed by atoms with Gasteiger partial charge in [-0.05, 0) is 42.0 Å². The summed E-state index contributed by atoms with van der Waals surface area (Å²) in [5, 5.41) is 0. The average Bonchev–Trinajstić information content (AvgIpc) is 2.79. The van der Waals surface area contributed by atoms with Gasteiger partial charge in [0.2, 0.25) is 5.91 Å². The lowest BCUT2D eigenvalue weighted by atomic mass is 10.1. The Morgan fingerprint density at radius 1 is 1.06 bits per heavy atom. The Bertz CT molecular complexity index is 1230. The summed E-state index contributed by atoms with van der Waals surface area (Å²) in [6.45, 7) is 7.41. The summed E-state index contributed by atoms with van der Waals surface area (Å²) in [7, 11) is 0.